The first kappa shape index (κ1) is 13.6. The maximum absolute atomic E-state index is 13.5. The van der Waals surface area contributed by atoms with Crippen LogP contribution in [0.2, 0.25) is 0 Å². The second-order valence-electron chi connectivity index (χ2n) is 4.01. The van der Waals surface area contributed by atoms with Crippen molar-refractivity contribution in [1.29, 1.82) is 0 Å². The third kappa shape index (κ3) is 3.27. The lowest BCUT2D eigenvalue weighted by molar-refractivity contribution is -0.122. The van der Waals surface area contributed by atoms with Crippen molar-refractivity contribution in [3.8, 4) is 0 Å². The van der Waals surface area contributed by atoms with Gasteiger partial charge in [0, 0.05) is 13.6 Å². The van der Waals surface area contributed by atoms with Crippen molar-refractivity contribution in [3.63, 3.8) is 0 Å². The number of carbonyl (C=O) groups is 1. The number of hydrogen-bond acceptors (Lipinski definition) is 2. The summed E-state index contributed by atoms with van der Waals surface area (Å²) in [5.41, 5.74) is 0.326. The van der Waals surface area contributed by atoms with Gasteiger partial charge < -0.3 is 10.2 Å². The molecule has 0 aromatic heterocycles. The van der Waals surface area contributed by atoms with Gasteiger partial charge in [0.2, 0.25) is 5.91 Å². The summed E-state index contributed by atoms with van der Waals surface area (Å²) in [7, 11) is 3.41. The molecule has 1 aromatic carbocycles. The van der Waals surface area contributed by atoms with Gasteiger partial charge in [-0.05, 0) is 25.6 Å². The number of nitrogens with zero attached hydrogens (tertiary/aromatic N) is 1. The van der Waals surface area contributed by atoms with Crippen LogP contribution in [0.4, 0.5) is 10.1 Å². The highest BCUT2D eigenvalue weighted by molar-refractivity contribution is 5.94. The van der Waals surface area contributed by atoms with Crippen LogP contribution in [0.3, 0.4) is 0 Å². The third-order valence-corrected chi connectivity index (χ3v) is 2.84. The average Bonchev–Trinajstić information content (AvgIpc) is 2.35. The Balaban J connectivity index is 2.85. The molecule has 0 saturated carbocycles. The highest BCUT2D eigenvalue weighted by atomic mass is 19.1. The molecule has 0 radical (unpaired) electrons. The first-order valence-corrected chi connectivity index (χ1v) is 5.78. The summed E-state index contributed by atoms with van der Waals surface area (Å²) < 4.78 is 13.5. The monoisotopic (exact) mass is 238 g/mol. The Bertz CT molecular complexity index is 381. The number of nitrogens with one attached hydrogen (secondary N) is 1. The second-order valence-corrected chi connectivity index (χ2v) is 4.01. The fraction of sp³-hybridized carbons (Fsp3) is 0.462. The van der Waals surface area contributed by atoms with Gasteiger partial charge in [-0.15, -0.1) is 0 Å². The number of hydrogen-bond donors (Lipinski definition) is 1. The van der Waals surface area contributed by atoms with Crippen molar-refractivity contribution in [2.45, 2.75) is 13.3 Å². The summed E-state index contributed by atoms with van der Waals surface area (Å²) in [5, 5.41) is 2.98. The van der Waals surface area contributed by atoms with Crippen molar-refractivity contribution < 1.29 is 9.18 Å². The molecule has 0 fully saturated rings. The quantitative estimate of drug-likeness (QED) is 0.851. The highest BCUT2D eigenvalue weighted by Gasteiger charge is 2.22. The molecule has 0 heterocycles. The zero-order chi connectivity index (χ0) is 12.8. The van der Waals surface area contributed by atoms with Gasteiger partial charge in [0.1, 0.15) is 5.82 Å². The van der Waals surface area contributed by atoms with Gasteiger partial charge in [0.05, 0.1) is 11.6 Å². The third-order valence-electron chi connectivity index (χ3n) is 2.84. The number of amides is 1. The number of anilines is 1. The summed E-state index contributed by atoms with van der Waals surface area (Å²) in [6, 6.07) is 6.31. The van der Waals surface area contributed by atoms with E-state index in [1.54, 1.807) is 32.3 Å². The van der Waals surface area contributed by atoms with E-state index in [0.29, 0.717) is 12.2 Å². The molecule has 1 atom stereocenters. The van der Waals surface area contributed by atoms with Crippen LogP contribution in [0.25, 0.3) is 0 Å². The molecule has 3 nitrogen and oxygen atoms in total. The first-order chi connectivity index (χ1) is 8.11. The molecule has 1 N–H and O–H groups in total. The molecule has 0 aliphatic rings. The van der Waals surface area contributed by atoms with Gasteiger partial charge in [-0.1, -0.05) is 19.1 Å². The van der Waals surface area contributed by atoms with E-state index in [9.17, 15) is 9.18 Å². The molecule has 0 aliphatic carbocycles. The predicted octanol–water partition coefficient (Wildman–Crippen LogP) is 2.03. The topological polar surface area (TPSA) is 32.3 Å². The maximum Gasteiger partial charge on any atom is 0.231 e. The number of rotatable bonds is 5. The minimum absolute atomic E-state index is 0.0630. The average molecular weight is 238 g/mol. The maximum atomic E-state index is 13.5. The molecule has 0 saturated heterocycles. The summed E-state index contributed by atoms with van der Waals surface area (Å²) in [5.74, 6) is -0.556. The van der Waals surface area contributed by atoms with Crippen molar-refractivity contribution in [1.82, 2.24) is 5.32 Å². The zero-order valence-corrected chi connectivity index (χ0v) is 10.5. The van der Waals surface area contributed by atoms with Gasteiger partial charge >= 0.3 is 0 Å². The molecule has 94 valence electrons. The number of benzene rings is 1. The van der Waals surface area contributed by atoms with Crippen LogP contribution in [0, 0.1) is 11.7 Å². The van der Waals surface area contributed by atoms with Crippen LogP contribution in [0.5, 0.6) is 0 Å². The zero-order valence-electron chi connectivity index (χ0n) is 10.5. The smallest absolute Gasteiger partial charge is 0.231 e. The molecule has 0 spiro atoms. The van der Waals surface area contributed by atoms with E-state index in [4.69, 9.17) is 0 Å². The largest absolute Gasteiger partial charge is 0.319 e. The Morgan fingerprint density at radius 3 is 2.65 bits per heavy atom. The summed E-state index contributed by atoms with van der Waals surface area (Å²) in [6.07, 6.45) is 0.735. The van der Waals surface area contributed by atoms with Crippen LogP contribution in [-0.2, 0) is 4.79 Å². The molecular formula is C13H19FN2O. The molecule has 4 heteroatoms. The van der Waals surface area contributed by atoms with Gasteiger partial charge in [0.25, 0.3) is 0 Å². The van der Waals surface area contributed by atoms with Gasteiger partial charge in [0.15, 0.2) is 0 Å². The van der Waals surface area contributed by atoms with Crippen LogP contribution >= 0.6 is 0 Å². The van der Waals surface area contributed by atoms with Crippen molar-refractivity contribution in [2.75, 3.05) is 25.5 Å². The SMILES string of the molecule is CCC(CNC)C(=O)N(C)c1ccccc1F. The minimum atomic E-state index is -0.373. The van der Waals surface area contributed by atoms with Crippen molar-refractivity contribution >= 4 is 11.6 Å². The molecular weight excluding hydrogens is 219 g/mol. The number of halogens is 1. The lowest BCUT2D eigenvalue weighted by Gasteiger charge is -2.23. The molecule has 1 unspecified atom stereocenters. The minimum Gasteiger partial charge on any atom is -0.319 e. The van der Waals surface area contributed by atoms with Crippen LogP contribution < -0.4 is 10.2 Å². The Hall–Kier alpha value is -1.42. The fourth-order valence-corrected chi connectivity index (χ4v) is 1.77. The van der Waals surface area contributed by atoms with Gasteiger partial charge in [-0.25, -0.2) is 4.39 Å². The lowest BCUT2D eigenvalue weighted by atomic mass is 10.0. The van der Waals surface area contributed by atoms with E-state index in [2.05, 4.69) is 5.32 Å². The molecule has 0 aliphatic heterocycles. The van der Waals surface area contributed by atoms with Crippen LogP contribution in [0.15, 0.2) is 24.3 Å². The van der Waals surface area contributed by atoms with E-state index in [0.717, 1.165) is 6.42 Å². The molecule has 1 aromatic rings. The lowest BCUT2D eigenvalue weighted by Crippen LogP contribution is -2.37. The van der Waals surface area contributed by atoms with Gasteiger partial charge in [-0.2, -0.15) is 0 Å². The van der Waals surface area contributed by atoms with Crippen molar-refractivity contribution in [2.24, 2.45) is 5.92 Å². The standard InChI is InChI=1S/C13H19FN2O/c1-4-10(9-15-2)13(17)16(3)12-8-6-5-7-11(12)14/h5-8,10,15H,4,9H2,1-3H3. The molecule has 1 amide bonds. The molecule has 0 bridgehead atoms. The summed E-state index contributed by atoms with van der Waals surface area (Å²) >= 11 is 0. The highest BCUT2D eigenvalue weighted by Crippen LogP contribution is 2.19. The van der Waals surface area contributed by atoms with Crippen molar-refractivity contribution in [3.05, 3.63) is 30.1 Å². The number of carbonyl (C=O) groups excluding carboxylic acids is 1. The van der Waals surface area contributed by atoms with Gasteiger partial charge in [-0.3, -0.25) is 4.79 Å². The van der Waals surface area contributed by atoms with E-state index in [1.165, 1.54) is 11.0 Å². The van der Waals surface area contributed by atoms with E-state index in [-0.39, 0.29) is 17.6 Å². The second kappa shape index (κ2) is 6.35. The van der Waals surface area contributed by atoms with E-state index < -0.39 is 0 Å². The van der Waals surface area contributed by atoms with Crippen LogP contribution in [0.1, 0.15) is 13.3 Å². The van der Waals surface area contributed by atoms with Crippen LogP contribution in [-0.4, -0.2) is 26.5 Å². The number of para-hydroxylation sites is 1. The Labute approximate surface area is 102 Å². The Morgan fingerprint density at radius 1 is 1.47 bits per heavy atom. The van der Waals surface area contributed by atoms with E-state index in [1.807, 2.05) is 6.92 Å². The Morgan fingerprint density at radius 2 is 2.12 bits per heavy atom. The molecule has 17 heavy (non-hydrogen) atoms. The first-order valence-electron chi connectivity index (χ1n) is 5.78. The fourth-order valence-electron chi connectivity index (χ4n) is 1.77. The normalized spacial score (nSPS) is 12.2. The Kier molecular flexibility index (Phi) is 5.10. The predicted molar refractivity (Wildman–Crippen MR) is 67.5 cm³/mol. The molecule has 1 rings (SSSR count). The summed E-state index contributed by atoms with van der Waals surface area (Å²) in [6.45, 7) is 2.56. The van der Waals surface area contributed by atoms with E-state index >= 15 is 0 Å². The summed E-state index contributed by atoms with van der Waals surface area (Å²) in [4.78, 5) is 13.5.